The fourth-order valence-corrected chi connectivity index (χ4v) is 8.49. The van der Waals surface area contributed by atoms with Crippen LogP contribution in [0.4, 0.5) is 0 Å². The van der Waals surface area contributed by atoms with Gasteiger partial charge in [-0.2, -0.15) is 0 Å². The van der Waals surface area contributed by atoms with Crippen molar-refractivity contribution < 1.29 is 23.9 Å². The van der Waals surface area contributed by atoms with Crippen LogP contribution in [0.2, 0.25) is 0 Å². The molecule has 5 nitrogen and oxygen atoms in total. The molecule has 0 N–H and O–H groups in total. The van der Waals surface area contributed by atoms with E-state index in [1.54, 1.807) is 0 Å². The third kappa shape index (κ3) is 2.46. The number of rotatable bonds is 3. The minimum Gasteiger partial charge on any atom is -0.466 e. The molecule has 0 heterocycles. The van der Waals surface area contributed by atoms with Gasteiger partial charge in [0.05, 0.1) is 7.11 Å². The maximum absolute atomic E-state index is 12.9. The quantitative estimate of drug-likeness (QED) is 0.537. The summed E-state index contributed by atoms with van der Waals surface area (Å²) in [6, 6.07) is 0. The minimum absolute atomic E-state index is 0.0128. The van der Waals surface area contributed by atoms with E-state index < -0.39 is 11.6 Å². The molecule has 1 spiro atoms. The van der Waals surface area contributed by atoms with Crippen molar-refractivity contribution >= 4 is 18.2 Å². The van der Waals surface area contributed by atoms with Gasteiger partial charge in [-0.15, -0.1) is 0 Å². The highest BCUT2D eigenvalue weighted by Gasteiger charge is 2.71. The fourth-order valence-electron chi connectivity index (χ4n) is 8.49. The summed E-state index contributed by atoms with van der Waals surface area (Å²) in [5, 5.41) is 0. The van der Waals surface area contributed by atoms with E-state index in [9.17, 15) is 14.4 Å². The number of hydrogen-bond acceptors (Lipinski definition) is 5. The Bertz CT molecular complexity index is 703. The number of esters is 2. The van der Waals surface area contributed by atoms with Crippen molar-refractivity contribution in [2.75, 3.05) is 7.11 Å². The third-order valence-electron chi connectivity index (χ3n) is 9.35. The highest BCUT2D eigenvalue weighted by Crippen LogP contribution is 2.73. The molecule has 4 fully saturated rings. The van der Waals surface area contributed by atoms with Crippen molar-refractivity contribution in [1.29, 1.82) is 0 Å². The standard InChI is InChI=1S/C23H34O5/c1-15(25)28-23(19(26)27-4)13-22-11-8-17-20(2,14-24)9-5-10-21(17,3)18(22)7-6-16(23)12-22/h14,16-18H,5-13H2,1-4H3/t16-,17-,18+,20+,21-,22+,23-/m1/s1. The summed E-state index contributed by atoms with van der Waals surface area (Å²) in [4.78, 5) is 36.8. The van der Waals surface area contributed by atoms with Gasteiger partial charge in [0.15, 0.2) is 0 Å². The SMILES string of the molecule is COC(=O)[C@@]1(OC(C)=O)C[C@@]23CC[C@H]4[C@@](C)(CCC[C@@]4(C)C=O)[C@@H]2CC[C@@H]1C3. The number of ether oxygens (including phenoxy) is 2. The van der Waals surface area contributed by atoms with Crippen LogP contribution in [0.3, 0.4) is 0 Å². The van der Waals surface area contributed by atoms with Gasteiger partial charge < -0.3 is 14.3 Å². The second-order valence-corrected chi connectivity index (χ2v) is 10.6. The maximum atomic E-state index is 12.9. The van der Waals surface area contributed by atoms with Crippen LogP contribution in [0, 0.1) is 34.0 Å². The van der Waals surface area contributed by atoms with Gasteiger partial charge >= 0.3 is 11.9 Å². The Balaban J connectivity index is 1.73. The summed E-state index contributed by atoms with van der Waals surface area (Å²) >= 11 is 0. The van der Waals surface area contributed by atoms with E-state index in [0.29, 0.717) is 18.3 Å². The summed E-state index contributed by atoms with van der Waals surface area (Å²) in [5.41, 5.74) is -1.24. The van der Waals surface area contributed by atoms with Gasteiger partial charge in [-0.1, -0.05) is 20.3 Å². The maximum Gasteiger partial charge on any atom is 0.350 e. The lowest BCUT2D eigenvalue weighted by molar-refractivity contribution is -0.185. The molecule has 0 aromatic carbocycles. The van der Waals surface area contributed by atoms with E-state index in [1.807, 2.05) is 0 Å². The molecular formula is C23H34O5. The monoisotopic (exact) mass is 390 g/mol. The predicted molar refractivity (Wildman–Crippen MR) is 103 cm³/mol. The van der Waals surface area contributed by atoms with Crippen LogP contribution in [0.15, 0.2) is 0 Å². The molecule has 0 amide bonds. The first-order valence-corrected chi connectivity index (χ1v) is 10.9. The van der Waals surface area contributed by atoms with Crippen molar-refractivity contribution in [2.24, 2.45) is 34.0 Å². The Kier molecular flexibility index (Phi) is 4.48. The zero-order valence-electron chi connectivity index (χ0n) is 17.7. The lowest BCUT2D eigenvalue weighted by atomic mass is 9.41. The Morgan fingerprint density at radius 3 is 2.43 bits per heavy atom. The normalized spacial score (nSPS) is 49.5. The van der Waals surface area contributed by atoms with Crippen molar-refractivity contribution in [1.82, 2.24) is 0 Å². The second kappa shape index (κ2) is 6.30. The summed E-state index contributed by atoms with van der Waals surface area (Å²) in [6.45, 7) is 5.93. The first-order chi connectivity index (χ1) is 13.2. The first-order valence-electron chi connectivity index (χ1n) is 10.9. The van der Waals surface area contributed by atoms with Gasteiger partial charge in [-0.3, -0.25) is 4.79 Å². The third-order valence-corrected chi connectivity index (χ3v) is 9.35. The van der Waals surface area contributed by atoms with Crippen LogP contribution in [-0.4, -0.2) is 30.9 Å². The van der Waals surface area contributed by atoms with Crippen molar-refractivity contribution in [2.45, 2.75) is 84.2 Å². The van der Waals surface area contributed by atoms with Crippen molar-refractivity contribution in [3.63, 3.8) is 0 Å². The van der Waals surface area contributed by atoms with E-state index >= 15 is 0 Å². The zero-order valence-corrected chi connectivity index (χ0v) is 17.7. The summed E-state index contributed by atoms with van der Waals surface area (Å²) < 4.78 is 10.9. The molecule has 7 atom stereocenters. The smallest absolute Gasteiger partial charge is 0.350 e. The average Bonchev–Trinajstić information content (AvgIpc) is 2.87. The molecular weight excluding hydrogens is 356 g/mol. The van der Waals surface area contributed by atoms with E-state index in [0.717, 1.165) is 51.4 Å². The molecule has 4 aliphatic rings. The second-order valence-electron chi connectivity index (χ2n) is 10.6. The minimum atomic E-state index is -1.12. The van der Waals surface area contributed by atoms with Crippen molar-refractivity contribution in [3.8, 4) is 0 Å². The molecule has 0 unspecified atom stereocenters. The molecule has 4 rings (SSSR count). The Hall–Kier alpha value is -1.39. The molecule has 28 heavy (non-hydrogen) atoms. The topological polar surface area (TPSA) is 69.7 Å². The molecule has 156 valence electrons. The summed E-state index contributed by atoms with van der Waals surface area (Å²) in [7, 11) is 1.39. The molecule has 0 aliphatic heterocycles. The number of methoxy groups -OCH3 is 1. The summed E-state index contributed by atoms with van der Waals surface area (Å²) in [5.74, 6) is 0.120. The number of hydrogen-bond donors (Lipinski definition) is 0. The fraction of sp³-hybridized carbons (Fsp3) is 0.870. The summed E-state index contributed by atoms with van der Waals surface area (Å²) in [6.07, 6.45) is 9.92. The molecule has 2 bridgehead atoms. The predicted octanol–water partition coefficient (Wildman–Crippen LogP) is 4.07. The lowest BCUT2D eigenvalue weighted by Crippen LogP contribution is -2.56. The zero-order chi connectivity index (χ0) is 20.4. The molecule has 0 aromatic heterocycles. The highest BCUT2D eigenvalue weighted by atomic mass is 16.6. The number of fused-ring (bicyclic) bond motifs is 3. The van der Waals surface area contributed by atoms with E-state index in [1.165, 1.54) is 20.3 Å². The van der Waals surface area contributed by atoms with Gasteiger partial charge in [0.25, 0.3) is 0 Å². The van der Waals surface area contributed by atoms with E-state index in [-0.39, 0.29) is 28.1 Å². The van der Waals surface area contributed by atoms with Crippen LogP contribution in [0.5, 0.6) is 0 Å². The Morgan fingerprint density at radius 1 is 1.04 bits per heavy atom. The van der Waals surface area contributed by atoms with Gasteiger partial charge in [0.1, 0.15) is 6.29 Å². The molecule has 4 saturated carbocycles. The molecule has 0 aromatic rings. The molecule has 5 heteroatoms. The Labute approximate surface area is 167 Å². The van der Waals surface area contributed by atoms with Gasteiger partial charge in [0.2, 0.25) is 5.60 Å². The number of aldehydes is 1. The average molecular weight is 391 g/mol. The van der Waals surface area contributed by atoms with E-state index in [2.05, 4.69) is 13.8 Å². The highest BCUT2D eigenvalue weighted by molar-refractivity contribution is 5.84. The molecule has 4 aliphatic carbocycles. The first kappa shape index (κ1) is 19.9. The molecule has 0 saturated heterocycles. The van der Waals surface area contributed by atoms with Crippen LogP contribution < -0.4 is 0 Å². The largest absolute Gasteiger partial charge is 0.466 e. The van der Waals surface area contributed by atoms with Crippen LogP contribution >= 0.6 is 0 Å². The van der Waals surface area contributed by atoms with Crippen LogP contribution in [0.25, 0.3) is 0 Å². The van der Waals surface area contributed by atoms with Crippen LogP contribution in [0.1, 0.15) is 78.6 Å². The van der Waals surface area contributed by atoms with Crippen molar-refractivity contribution in [3.05, 3.63) is 0 Å². The number of carbonyl (C=O) groups excluding carboxylic acids is 3. The van der Waals surface area contributed by atoms with Gasteiger partial charge in [-0.25, -0.2) is 4.79 Å². The molecule has 0 radical (unpaired) electrons. The van der Waals surface area contributed by atoms with E-state index in [4.69, 9.17) is 9.47 Å². The Morgan fingerprint density at radius 2 is 1.79 bits per heavy atom. The lowest BCUT2D eigenvalue weighted by Gasteiger charge is -2.63. The van der Waals surface area contributed by atoms with Gasteiger partial charge in [-0.05, 0) is 67.6 Å². The van der Waals surface area contributed by atoms with Gasteiger partial charge in [0, 0.05) is 24.7 Å². The number of carbonyl (C=O) groups is 3. The van der Waals surface area contributed by atoms with Crippen LogP contribution in [-0.2, 0) is 23.9 Å².